The molecule has 3 atom stereocenters. The van der Waals surface area contributed by atoms with E-state index in [0.29, 0.717) is 6.04 Å². The van der Waals surface area contributed by atoms with Crippen LogP contribution in [0.2, 0.25) is 0 Å². The molecular formula is C26H29FN4O. The van der Waals surface area contributed by atoms with Gasteiger partial charge in [-0.1, -0.05) is 36.4 Å². The minimum absolute atomic E-state index is 0.153. The number of fused-ring (bicyclic) bond motifs is 1. The summed E-state index contributed by atoms with van der Waals surface area (Å²) in [5, 5.41) is 10.2. The first-order valence-electron chi connectivity index (χ1n) is 11.4. The van der Waals surface area contributed by atoms with Crippen LogP contribution in [0.5, 0.6) is 0 Å². The van der Waals surface area contributed by atoms with Crippen LogP contribution in [0.4, 0.5) is 4.39 Å². The van der Waals surface area contributed by atoms with Crippen molar-refractivity contribution in [2.45, 2.75) is 37.4 Å². The Labute approximate surface area is 188 Å². The SMILES string of the molecule is OC[C@H]1[C@H](c2ccc(-c3cccc(F)c3)cc2)[C@H]2CN(Cc3cncnc3)CCCCN21. The van der Waals surface area contributed by atoms with Crippen molar-refractivity contribution in [2.24, 2.45) is 0 Å². The molecular weight excluding hydrogens is 403 g/mol. The van der Waals surface area contributed by atoms with Crippen molar-refractivity contribution in [1.29, 1.82) is 0 Å². The van der Waals surface area contributed by atoms with Crippen LogP contribution < -0.4 is 0 Å². The molecule has 2 aromatic carbocycles. The normalized spacial score (nSPS) is 24.2. The summed E-state index contributed by atoms with van der Waals surface area (Å²) in [6.45, 7) is 4.07. The van der Waals surface area contributed by atoms with Crippen molar-refractivity contribution in [2.75, 3.05) is 26.2 Å². The zero-order chi connectivity index (χ0) is 21.9. The van der Waals surface area contributed by atoms with E-state index in [-0.39, 0.29) is 24.4 Å². The summed E-state index contributed by atoms with van der Waals surface area (Å²) in [7, 11) is 0. The monoisotopic (exact) mass is 432 g/mol. The first kappa shape index (κ1) is 21.2. The van der Waals surface area contributed by atoms with Gasteiger partial charge in [-0.15, -0.1) is 0 Å². The summed E-state index contributed by atoms with van der Waals surface area (Å²) < 4.78 is 13.6. The predicted molar refractivity (Wildman–Crippen MR) is 122 cm³/mol. The van der Waals surface area contributed by atoms with Crippen molar-refractivity contribution < 1.29 is 9.50 Å². The molecule has 2 saturated heterocycles. The van der Waals surface area contributed by atoms with Crippen LogP contribution in [0, 0.1) is 5.82 Å². The first-order valence-corrected chi connectivity index (χ1v) is 11.4. The molecule has 166 valence electrons. The minimum Gasteiger partial charge on any atom is -0.395 e. The van der Waals surface area contributed by atoms with Crippen molar-refractivity contribution >= 4 is 0 Å². The number of nitrogens with zero attached hydrogens (tertiary/aromatic N) is 4. The summed E-state index contributed by atoms with van der Waals surface area (Å²) >= 11 is 0. The highest BCUT2D eigenvalue weighted by Gasteiger charge is 2.49. The zero-order valence-corrected chi connectivity index (χ0v) is 18.1. The van der Waals surface area contributed by atoms with Gasteiger partial charge in [0.05, 0.1) is 6.61 Å². The second-order valence-corrected chi connectivity index (χ2v) is 8.90. The molecule has 32 heavy (non-hydrogen) atoms. The average molecular weight is 433 g/mol. The van der Waals surface area contributed by atoms with Crippen LogP contribution in [0.3, 0.4) is 0 Å². The molecule has 2 aliphatic rings. The Hall–Kier alpha value is -2.67. The van der Waals surface area contributed by atoms with Crippen LogP contribution in [0.25, 0.3) is 11.1 Å². The second kappa shape index (κ2) is 9.45. The van der Waals surface area contributed by atoms with E-state index in [1.165, 1.54) is 11.6 Å². The van der Waals surface area contributed by atoms with Gasteiger partial charge in [0.15, 0.2) is 0 Å². The van der Waals surface area contributed by atoms with Gasteiger partial charge in [-0.25, -0.2) is 14.4 Å². The number of rotatable bonds is 5. The first-order chi connectivity index (χ1) is 15.7. The van der Waals surface area contributed by atoms with Crippen molar-refractivity contribution in [3.05, 3.63) is 84.2 Å². The topological polar surface area (TPSA) is 52.5 Å². The van der Waals surface area contributed by atoms with Gasteiger partial charge in [0, 0.05) is 49.0 Å². The summed E-state index contributed by atoms with van der Waals surface area (Å²) in [6.07, 6.45) is 7.65. The Balaban J connectivity index is 1.36. The summed E-state index contributed by atoms with van der Waals surface area (Å²) in [4.78, 5) is 13.3. The molecule has 3 aromatic rings. The number of halogens is 1. The van der Waals surface area contributed by atoms with Crippen LogP contribution >= 0.6 is 0 Å². The average Bonchev–Trinajstić information content (AvgIpc) is 2.81. The largest absolute Gasteiger partial charge is 0.395 e. The van der Waals surface area contributed by atoms with E-state index in [0.717, 1.165) is 55.7 Å². The van der Waals surface area contributed by atoms with E-state index < -0.39 is 0 Å². The maximum absolute atomic E-state index is 13.6. The fraction of sp³-hybridized carbons (Fsp3) is 0.385. The van der Waals surface area contributed by atoms with E-state index in [1.54, 1.807) is 18.5 Å². The molecule has 0 spiro atoms. The highest BCUT2D eigenvalue weighted by atomic mass is 19.1. The van der Waals surface area contributed by atoms with E-state index >= 15 is 0 Å². The predicted octanol–water partition coefficient (Wildman–Crippen LogP) is 3.71. The third-order valence-corrected chi connectivity index (χ3v) is 6.93. The maximum Gasteiger partial charge on any atom is 0.123 e. The quantitative estimate of drug-likeness (QED) is 0.666. The van der Waals surface area contributed by atoms with Gasteiger partial charge in [0.25, 0.3) is 0 Å². The molecule has 5 rings (SSSR count). The summed E-state index contributed by atoms with van der Waals surface area (Å²) in [5.41, 5.74) is 4.27. The third-order valence-electron chi connectivity index (χ3n) is 6.93. The van der Waals surface area contributed by atoms with E-state index in [4.69, 9.17) is 0 Å². The Bertz CT molecular complexity index is 1030. The molecule has 1 N–H and O–H groups in total. The second-order valence-electron chi connectivity index (χ2n) is 8.90. The number of hydrogen-bond acceptors (Lipinski definition) is 5. The van der Waals surface area contributed by atoms with Crippen LogP contribution in [-0.2, 0) is 6.54 Å². The van der Waals surface area contributed by atoms with Crippen molar-refractivity contribution in [3.8, 4) is 11.1 Å². The van der Waals surface area contributed by atoms with Crippen LogP contribution in [0.15, 0.2) is 67.3 Å². The number of aliphatic hydroxyl groups is 1. The van der Waals surface area contributed by atoms with Crippen molar-refractivity contribution in [3.63, 3.8) is 0 Å². The number of aromatic nitrogens is 2. The van der Waals surface area contributed by atoms with E-state index in [2.05, 4.69) is 44.0 Å². The standard InChI is InChI=1S/C26H29FN4O/c27-23-5-3-4-22(12-23)20-6-8-21(9-7-20)26-24-16-30(15-19-13-28-18-29-14-19)10-1-2-11-31(24)25(26)17-32/h3-9,12-14,18,24-26,32H,1-2,10-11,15-17H2/t24-,25+,26-/m1/s1. The summed E-state index contributed by atoms with van der Waals surface area (Å²) in [5.74, 6) is 0.0640. The lowest BCUT2D eigenvalue weighted by Crippen LogP contribution is -2.67. The highest BCUT2D eigenvalue weighted by Crippen LogP contribution is 2.42. The highest BCUT2D eigenvalue weighted by molar-refractivity contribution is 5.63. The third kappa shape index (κ3) is 4.31. The van der Waals surface area contributed by atoms with Crippen LogP contribution in [0.1, 0.15) is 29.9 Å². The molecule has 0 aliphatic carbocycles. The van der Waals surface area contributed by atoms with Gasteiger partial charge in [0.1, 0.15) is 12.1 Å². The molecule has 6 heteroatoms. The van der Waals surface area contributed by atoms with E-state index in [1.807, 2.05) is 18.5 Å². The Morgan fingerprint density at radius 1 is 0.969 bits per heavy atom. The Kier molecular flexibility index (Phi) is 6.26. The molecule has 5 nitrogen and oxygen atoms in total. The fourth-order valence-corrected chi connectivity index (χ4v) is 5.39. The molecule has 0 unspecified atom stereocenters. The molecule has 3 heterocycles. The van der Waals surface area contributed by atoms with Gasteiger partial charge < -0.3 is 5.11 Å². The number of benzene rings is 2. The van der Waals surface area contributed by atoms with Gasteiger partial charge >= 0.3 is 0 Å². The summed E-state index contributed by atoms with van der Waals surface area (Å²) in [6, 6.07) is 15.7. The number of hydrogen-bond donors (Lipinski definition) is 1. The molecule has 2 aliphatic heterocycles. The van der Waals surface area contributed by atoms with Gasteiger partial charge in [-0.3, -0.25) is 9.80 Å². The molecule has 0 radical (unpaired) electrons. The maximum atomic E-state index is 13.6. The number of aliphatic hydroxyl groups excluding tert-OH is 1. The Morgan fingerprint density at radius 2 is 1.75 bits per heavy atom. The van der Waals surface area contributed by atoms with Crippen LogP contribution in [-0.4, -0.2) is 63.2 Å². The zero-order valence-electron chi connectivity index (χ0n) is 18.1. The smallest absolute Gasteiger partial charge is 0.123 e. The molecule has 0 saturated carbocycles. The lowest BCUT2D eigenvalue weighted by molar-refractivity contribution is -0.0655. The van der Waals surface area contributed by atoms with Gasteiger partial charge in [-0.05, 0) is 54.8 Å². The Morgan fingerprint density at radius 3 is 2.50 bits per heavy atom. The fourth-order valence-electron chi connectivity index (χ4n) is 5.39. The molecule has 2 fully saturated rings. The molecule has 0 amide bonds. The molecule has 1 aromatic heterocycles. The lowest BCUT2D eigenvalue weighted by atomic mass is 9.74. The van der Waals surface area contributed by atoms with Gasteiger partial charge in [0.2, 0.25) is 0 Å². The van der Waals surface area contributed by atoms with E-state index in [9.17, 15) is 9.50 Å². The molecule has 0 bridgehead atoms. The van der Waals surface area contributed by atoms with Gasteiger partial charge in [-0.2, -0.15) is 0 Å². The lowest BCUT2D eigenvalue weighted by Gasteiger charge is -2.57. The van der Waals surface area contributed by atoms with Crippen molar-refractivity contribution in [1.82, 2.24) is 19.8 Å². The minimum atomic E-state index is -0.222.